The van der Waals surface area contributed by atoms with Crippen molar-refractivity contribution >= 4 is 10.0 Å². The first kappa shape index (κ1) is 26.4. The van der Waals surface area contributed by atoms with Gasteiger partial charge in [0.05, 0.1) is 24.2 Å². The van der Waals surface area contributed by atoms with E-state index in [1.807, 2.05) is 38.1 Å². The van der Waals surface area contributed by atoms with Crippen molar-refractivity contribution in [3.05, 3.63) is 65.2 Å². The van der Waals surface area contributed by atoms with E-state index in [1.54, 1.807) is 38.1 Å². The van der Waals surface area contributed by atoms with Gasteiger partial charge in [0.2, 0.25) is 21.6 Å². The molecule has 0 aliphatic carbocycles. The molecule has 0 saturated carbocycles. The highest BCUT2D eigenvalue weighted by Gasteiger charge is 2.53. The number of nitrogens with zero attached hydrogens (tertiary/aromatic N) is 1. The Kier molecular flexibility index (Phi) is 8.19. The molecule has 34 heavy (non-hydrogen) atoms. The third-order valence-electron chi connectivity index (χ3n) is 6.15. The minimum absolute atomic E-state index is 0.00477. The molecule has 0 radical (unpaired) electrons. The molecule has 0 spiro atoms. The number of methoxy groups -OCH3 is 2. The summed E-state index contributed by atoms with van der Waals surface area (Å²) in [4.78, 5) is 0.197. The Morgan fingerprint density at radius 1 is 0.971 bits per heavy atom. The van der Waals surface area contributed by atoms with Crippen LogP contribution in [0.25, 0.3) is 0 Å². The number of aryl methyl sites for hydroxylation is 2. The summed E-state index contributed by atoms with van der Waals surface area (Å²) in [6, 6.07) is 14.5. The first-order valence-electron chi connectivity index (χ1n) is 11.1. The number of rotatable bonds is 7. The van der Waals surface area contributed by atoms with Crippen molar-refractivity contribution in [2.24, 2.45) is 0 Å². The van der Waals surface area contributed by atoms with Crippen LogP contribution in [-0.2, 0) is 29.0 Å². The molecule has 7 nitrogen and oxygen atoms in total. The van der Waals surface area contributed by atoms with Gasteiger partial charge in [0.15, 0.2) is 0 Å². The fourth-order valence-electron chi connectivity index (χ4n) is 3.61. The summed E-state index contributed by atoms with van der Waals surface area (Å²) in [7, 11) is -0.827. The van der Waals surface area contributed by atoms with E-state index in [4.69, 9.17) is 18.9 Å². The van der Waals surface area contributed by atoms with E-state index in [2.05, 4.69) is 11.8 Å². The average molecular weight is 488 g/mol. The van der Waals surface area contributed by atoms with Crippen molar-refractivity contribution in [1.82, 2.24) is 4.31 Å². The molecule has 8 heteroatoms. The molecule has 1 saturated heterocycles. The predicted molar refractivity (Wildman–Crippen MR) is 130 cm³/mol. The number of benzene rings is 2. The van der Waals surface area contributed by atoms with Crippen LogP contribution in [0.5, 0.6) is 0 Å². The van der Waals surface area contributed by atoms with Crippen LogP contribution in [0, 0.1) is 25.7 Å². The van der Waals surface area contributed by atoms with Crippen LogP contribution >= 0.6 is 0 Å². The molecular weight excluding hydrogens is 454 g/mol. The molecule has 1 aliphatic heterocycles. The lowest BCUT2D eigenvalue weighted by Gasteiger charge is -2.49. The van der Waals surface area contributed by atoms with Gasteiger partial charge in [0.1, 0.15) is 0 Å². The maximum Gasteiger partial charge on any atom is 0.244 e. The Morgan fingerprint density at radius 2 is 1.53 bits per heavy atom. The van der Waals surface area contributed by atoms with Crippen LogP contribution < -0.4 is 0 Å². The van der Waals surface area contributed by atoms with Crippen molar-refractivity contribution in [2.45, 2.75) is 50.3 Å². The minimum Gasteiger partial charge on any atom is -0.349 e. The molecule has 0 amide bonds. The SMILES string of the molecule is CO[C@]1(C)OC[C@H](CN(CC#Cc2ccc(C)cc2)S(=O)(=O)c2ccc(C)cc2)O[C@@]1(C)OC. The normalized spacial score (nSPS) is 25.1. The van der Waals surface area contributed by atoms with Gasteiger partial charge in [-0.25, -0.2) is 8.42 Å². The molecule has 0 unspecified atom stereocenters. The van der Waals surface area contributed by atoms with Crippen LogP contribution in [0.15, 0.2) is 53.4 Å². The molecule has 2 aromatic carbocycles. The standard InChI is InChI=1S/C26H33NO6S/c1-20-9-13-22(14-10-20)8-7-17-27(34(28,29)24-15-11-21(2)12-16-24)18-23-19-32-25(3,30-5)26(4,31-6)33-23/h9-16,23H,17-19H2,1-6H3/t23-,25+,26+/m0/s1. The van der Waals surface area contributed by atoms with Crippen LogP contribution in [0.2, 0.25) is 0 Å². The van der Waals surface area contributed by atoms with E-state index >= 15 is 0 Å². The zero-order chi connectivity index (χ0) is 25.0. The summed E-state index contributed by atoms with van der Waals surface area (Å²) in [5, 5.41) is 0. The monoisotopic (exact) mass is 487 g/mol. The van der Waals surface area contributed by atoms with Gasteiger partial charge in [-0.3, -0.25) is 0 Å². The molecule has 0 bridgehead atoms. The molecule has 184 valence electrons. The topological polar surface area (TPSA) is 74.3 Å². The molecule has 0 N–H and O–H groups in total. The number of sulfonamides is 1. The van der Waals surface area contributed by atoms with Crippen molar-refractivity contribution in [3.63, 3.8) is 0 Å². The van der Waals surface area contributed by atoms with Gasteiger partial charge >= 0.3 is 0 Å². The zero-order valence-electron chi connectivity index (χ0n) is 20.6. The van der Waals surface area contributed by atoms with E-state index in [-0.39, 0.29) is 24.6 Å². The van der Waals surface area contributed by atoms with Gasteiger partial charge < -0.3 is 18.9 Å². The lowest BCUT2D eigenvalue weighted by Crippen LogP contribution is -2.63. The summed E-state index contributed by atoms with van der Waals surface area (Å²) < 4.78 is 51.5. The lowest BCUT2D eigenvalue weighted by molar-refractivity contribution is -0.431. The highest BCUT2D eigenvalue weighted by atomic mass is 32.2. The molecule has 0 aromatic heterocycles. The van der Waals surface area contributed by atoms with Crippen molar-refractivity contribution in [1.29, 1.82) is 0 Å². The van der Waals surface area contributed by atoms with Gasteiger partial charge in [-0.05, 0) is 52.0 Å². The third-order valence-corrected chi connectivity index (χ3v) is 7.97. The molecule has 1 fully saturated rings. The molecular formula is C26H33NO6S. The summed E-state index contributed by atoms with van der Waals surface area (Å²) in [5.74, 6) is 3.69. The average Bonchev–Trinajstić information content (AvgIpc) is 2.82. The quantitative estimate of drug-likeness (QED) is 0.557. The van der Waals surface area contributed by atoms with E-state index in [1.165, 1.54) is 18.5 Å². The van der Waals surface area contributed by atoms with Crippen molar-refractivity contribution < 1.29 is 27.4 Å². The maximum absolute atomic E-state index is 13.5. The molecule has 2 aromatic rings. The molecule has 3 atom stereocenters. The first-order chi connectivity index (χ1) is 16.0. The Labute approximate surface area is 203 Å². The van der Waals surface area contributed by atoms with Gasteiger partial charge in [-0.1, -0.05) is 47.2 Å². The number of hydrogen-bond donors (Lipinski definition) is 0. The maximum atomic E-state index is 13.5. The van der Waals surface area contributed by atoms with Crippen LogP contribution in [0.4, 0.5) is 0 Å². The van der Waals surface area contributed by atoms with Gasteiger partial charge in [-0.2, -0.15) is 4.31 Å². The lowest BCUT2D eigenvalue weighted by atomic mass is 10.1. The van der Waals surface area contributed by atoms with E-state index in [9.17, 15) is 8.42 Å². The summed E-state index contributed by atoms with van der Waals surface area (Å²) in [6.07, 6.45) is -0.588. The fourth-order valence-corrected chi connectivity index (χ4v) is 4.99. The van der Waals surface area contributed by atoms with E-state index in [0.29, 0.717) is 0 Å². The minimum atomic E-state index is -3.83. The highest BCUT2D eigenvalue weighted by Crippen LogP contribution is 2.36. The van der Waals surface area contributed by atoms with Crippen LogP contribution in [0.3, 0.4) is 0 Å². The van der Waals surface area contributed by atoms with E-state index < -0.39 is 27.7 Å². The molecule has 3 rings (SSSR count). The molecule has 1 aliphatic rings. The Bertz CT molecular complexity index is 1140. The van der Waals surface area contributed by atoms with Crippen LogP contribution in [-0.4, -0.2) is 64.3 Å². The first-order valence-corrected chi connectivity index (χ1v) is 12.5. The summed E-state index contributed by atoms with van der Waals surface area (Å²) in [5.41, 5.74) is 2.93. The van der Waals surface area contributed by atoms with Crippen molar-refractivity contribution in [2.75, 3.05) is 33.9 Å². The summed E-state index contributed by atoms with van der Waals surface area (Å²) >= 11 is 0. The Morgan fingerprint density at radius 3 is 2.09 bits per heavy atom. The second-order valence-corrected chi connectivity index (χ2v) is 10.6. The Hall–Kier alpha value is -2.25. The van der Waals surface area contributed by atoms with Gasteiger partial charge in [0.25, 0.3) is 0 Å². The van der Waals surface area contributed by atoms with Crippen molar-refractivity contribution in [3.8, 4) is 11.8 Å². The van der Waals surface area contributed by atoms with Gasteiger partial charge in [-0.15, -0.1) is 0 Å². The zero-order valence-corrected chi connectivity index (χ0v) is 21.4. The second kappa shape index (κ2) is 10.6. The van der Waals surface area contributed by atoms with Gasteiger partial charge in [0, 0.05) is 26.3 Å². The smallest absolute Gasteiger partial charge is 0.244 e. The predicted octanol–water partition coefficient (Wildman–Crippen LogP) is 3.49. The van der Waals surface area contributed by atoms with E-state index in [0.717, 1.165) is 16.7 Å². The molecule has 1 heterocycles. The van der Waals surface area contributed by atoms with Crippen LogP contribution in [0.1, 0.15) is 30.5 Å². The number of ether oxygens (including phenoxy) is 4. The fraction of sp³-hybridized carbons (Fsp3) is 0.462. The Balaban J connectivity index is 1.87. The number of hydrogen-bond acceptors (Lipinski definition) is 6. The largest absolute Gasteiger partial charge is 0.349 e. The highest BCUT2D eigenvalue weighted by molar-refractivity contribution is 7.89. The summed E-state index contributed by atoms with van der Waals surface area (Å²) in [6.45, 7) is 7.51. The third kappa shape index (κ3) is 5.69. The second-order valence-electron chi connectivity index (χ2n) is 8.63.